The molecule has 2 saturated carbocycles. The van der Waals surface area contributed by atoms with Crippen LogP contribution in [0.1, 0.15) is 65.2 Å². The Labute approximate surface area is 105 Å². The first kappa shape index (κ1) is 12.0. The van der Waals surface area contributed by atoms with Crippen LogP contribution in [0.25, 0.3) is 0 Å². The maximum Gasteiger partial charge on any atom is 0.0864 e. The summed E-state index contributed by atoms with van der Waals surface area (Å²) in [4.78, 5) is 0. The van der Waals surface area contributed by atoms with Crippen molar-refractivity contribution in [1.29, 1.82) is 0 Å². The molecule has 98 valence electrons. The summed E-state index contributed by atoms with van der Waals surface area (Å²) in [7, 11) is 0. The standard InChI is InChI=1S/C15H27NO/c1-13(2)7-3-6-10-15(13)12-16-11-14(17-15)8-4-5-9-14/h16H,3-12H2,1-2H3. The summed E-state index contributed by atoms with van der Waals surface area (Å²) in [6.07, 6.45) is 10.6. The van der Waals surface area contributed by atoms with Crippen molar-refractivity contribution in [2.75, 3.05) is 13.1 Å². The maximum atomic E-state index is 6.82. The third-order valence-electron chi connectivity index (χ3n) is 5.65. The van der Waals surface area contributed by atoms with E-state index < -0.39 is 0 Å². The number of morpholine rings is 1. The monoisotopic (exact) mass is 237 g/mol. The minimum absolute atomic E-state index is 0.119. The molecule has 1 N–H and O–H groups in total. The van der Waals surface area contributed by atoms with Gasteiger partial charge in [-0.1, -0.05) is 39.5 Å². The van der Waals surface area contributed by atoms with Gasteiger partial charge in [0.1, 0.15) is 0 Å². The van der Waals surface area contributed by atoms with Gasteiger partial charge >= 0.3 is 0 Å². The SMILES string of the molecule is CC1(C)CCCCC12CNCC1(CCCC1)O2. The fourth-order valence-electron chi connectivity index (χ4n) is 4.34. The minimum Gasteiger partial charge on any atom is -0.365 e. The summed E-state index contributed by atoms with van der Waals surface area (Å²) in [5.74, 6) is 0. The second-order valence-corrected chi connectivity index (χ2v) is 7.18. The van der Waals surface area contributed by atoms with Crippen LogP contribution in [0.15, 0.2) is 0 Å². The van der Waals surface area contributed by atoms with E-state index in [1.165, 1.54) is 51.4 Å². The van der Waals surface area contributed by atoms with Gasteiger partial charge in [0.15, 0.2) is 0 Å². The number of ether oxygens (including phenoxy) is 1. The number of rotatable bonds is 0. The Morgan fingerprint density at radius 2 is 1.47 bits per heavy atom. The molecule has 1 saturated heterocycles. The molecule has 0 aromatic carbocycles. The second-order valence-electron chi connectivity index (χ2n) is 7.18. The molecule has 0 bridgehead atoms. The van der Waals surface area contributed by atoms with Crippen LogP contribution in [-0.4, -0.2) is 24.3 Å². The maximum absolute atomic E-state index is 6.82. The highest BCUT2D eigenvalue weighted by Gasteiger charge is 2.54. The largest absolute Gasteiger partial charge is 0.365 e. The predicted octanol–water partition coefficient (Wildman–Crippen LogP) is 3.26. The van der Waals surface area contributed by atoms with Crippen LogP contribution >= 0.6 is 0 Å². The third-order valence-corrected chi connectivity index (χ3v) is 5.65. The fraction of sp³-hybridized carbons (Fsp3) is 1.00. The van der Waals surface area contributed by atoms with Crippen LogP contribution in [-0.2, 0) is 4.74 Å². The van der Waals surface area contributed by atoms with Crippen molar-refractivity contribution in [3.8, 4) is 0 Å². The molecule has 3 fully saturated rings. The fourth-order valence-corrected chi connectivity index (χ4v) is 4.34. The van der Waals surface area contributed by atoms with Crippen molar-refractivity contribution >= 4 is 0 Å². The molecular formula is C15H27NO. The Bertz CT molecular complexity index is 289. The molecule has 2 heteroatoms. The topological polar surface area (TPSA) is 21.3 Å². The van der Waals surface area contributed by atoms with Crippen LogP contribution in [0.3, 0.4) is 0 Å². The van der Waals surface area contributed by atoms with Crippen molar-refractivity contribution in [2.45, 2.75) is 76.4 Å². The zero-order valence-corrected chi connectivity index (χ0v) is 11.5. The summed E-state index contributed by atoms with van der Waals surface area (Å²) >= 11 is 0. The number of hydrogen-bond acceptors (Lipinski definition) is 2. The van der Waals surface area contributed by atoms with E-state index in [-0.39, 0.29) is 11.2 Å². The Kier molecular flexibility index (Phi) is 2.79. The first-order valence-corrected chi connectivity index (χ1v) is 7.49. The predicted molar refractivity (Wildman–Crippen MR) is 70.1 cm³/mol. The number of nitrogens with one attached hydrogen (secondary N) is 1. The van der Waals surface area contributed by atoms with Gasteiger partial charge in [-0.3, -0.25) is 0 Å². The van der Waals surface area contributed by atoms with Gasteiger partial charge in [-0.2, -0.15) is 0 Å². The molecule has 2 nitrogen and oxygen atoms in total. The van der Waals surface area contributed by atoms with Crippen LogP contribution in [0.5, 0.6) is 0 Å². The van der Waals surface area contributed by atoms with E-state index in [4.69, 9.17) is 4.74 Å². The first-order valence-electron chi connectivity index (χ1n) is 7.49. The molecule has 0 aromatic heterocycles. The molecule has 2 spiro atoms. The normalized spacial score (nSPS) is 39.9. The summed E-state index contributed by atoms with van der Waals surface area (Å²) in [5.41, 5.74) is 0.648. The lowest BCUT2D eigenvalue weighted by Gasteiger charge is -2.57. The molecule has 17 heavy (non-hydrogen) atoms. The molecule has 2 aliphatic carbocycles. The second kappa shape index (κ2) is 3.96. The smallest absolute Gasteiger partial charge is 0.0864 e. The Balaban J connectivity index is 1.85. The van der Waals surface area contributed by atoms with Crippen LogP contribution in [0.2, 0.25) is 0 Å². The highest BCUT2D eigenvalue weighted by atomic mass is 16.5. The minimum atomic E-state index is 0.119. The lowest BCUT2D eigenvalue weighted by molar-refractivity contribution is -0.234. The molecular weight excluding hydrogens is 210 g/mol. The van der Waals surface area contributed by atoms with Gasteiger partial charge in [-0.05, 0) is 31.1 Å². The van der Waals surface area contributed by atoms with Crippen molar-refractivity contribution in [1.82, 2.24) is 5.32 Å². The average Bonchev–Trinajstić information content (AvgIpc) is 2.71. The molecule has 1 aliphatic heterocycles. The Morgan fingerprint density at radius 1 is 0.824 bits per heavy atom. The highest BCUT2D eigenvalue weighted by Crippen LogP contribution is 2.51. The van der Waals surface area contributed by atoms with Crippen molar-refractivity contribution in [2.24, 2.45) is 5.41 Å². The van der Waals surface area contributed by atoms with E-state index in [0.29, 0.717) is 5.41 Å². The van der Waals surface area contributed by atoms with Gasteiger partial charge in [-0.25, -0.2) is 0 Å². The highest BCUT2D eigenvalue weighted by molar-refractivity contribution is 5.06. The summed E-state index contributed by atoms with van der Waals surface area (Å²) in [6, 6.07) is 0. The van der Waals surface area contributed by atoms with Gasteiger partial charge in [0.2, 0.25) is 0 Å². The first-order chi connectivity index (χ1) is 8.08. The van der Waals surface area contributed by atoms with Crippen LogP contribution < -0.4 is 5.32 Å². The zero-order chi connectivity index (χ0) is 12.0. The van der Waals surface area contributed by atoms with Gasteiger partial charge in [0.05, 0.1) is 11.2 Å². The Morgan fingerprint density at radius 3 is 2.18 bits per heavy atom. The van der Waals surface area contributed by atoms with Crippen molar-refractivity contribution in [3.05, 3.63) is 0 Å². The van der Waals surface area contributed by atoms with E-state index in [1.54, 1.807) is 0 Å². The quantitative estimate of drug-likeness (QED) is 0.698. The zero-order valence-electron chi connectivity index (χ0n) is 11.5. The summed E-state index contributed by atoms with van der Waals surface area (Å²) < 4.78 is 6.82. The van der Waals surface area contributed by atoms with Gasteiger partial charge in [0.25, 0.3) is 0 Å². The van der Waals surface area contributed by atoms with E-state index in [0.717, 1.165) is 13.1 Å². The molecule has 1 heterocycles. The van der Waals surface area contributed by atoms with Crippen molar-refractivity contribution in [3.63, 3.8) is 0 Å². The number of hydrogen-bond donors (Lipinski definition) is 1. The molecule has 1 unspecified atom stereocenters. The van der Waals surface area contributed by atoms with E-state index in [1.807, 2.05) is 0 Å². The Hall–Kier alpha value is -0.0800. The van der Waals surface area contributed by atoms with Crippen molar-refractivity contribution < 1.29 is 4.74 Å². The van der Waals surface area contributed by atoms with Gasteiger partial charge < -0.3 is 10.1 Å². The molecule has 0 amide bonds. The molecule has 3 aliphatic rings. The summed E-state index contributed by atoms with van der Waals surface area (Å²) in [6.45, 7) is 7.00. The van der Waals surface area contributed by atoms with Crippen LogP contribution in [0, 0.1) is 5.41 Å². The van der Waals surface area contributed by atoms with E-state index in [9.17, 15) is 0 Å². The molecule has 3 rings (SSSR count). The molecule has 1 atom stereocenters. The van der Waals surface area contributed by atoms with Crippen LogP contribution in [0.4, 0.5) is 0 Å². The summed E-state index contributed by atoms with van der Waals surface area (Å²) in [5, 5.41) is 3.71. The third kappa shape index (κ3) is 1.84. The van der Waals surface area contributed by atoms with Gasteiger partial charge in [-0.15, -0.1) is 0 Å². The molecule has 0 aromatic rings. The van der Waals surface area contributed by atoms with E-state index in [2.05, 4.69) is 19.2 Å². The lowest BCUT2D eigenvalue weighted by Crippen LogP contribution is -2.65. The average molecular weight is 237 g/mol. The van der Waals surface area contributed by atoms with Gasteiger partial charge in [0, 0.05) is 13.1 Å². The molecule has 0 radical (unpaired) electrons. The lowest BCUT2D eigenvalue weighted by atomic mass is 9.64. The van der Waals surface area contributed by atoms with E-state index >= 15 is 0 Å².